The molecule has 4 aliphatic rings. The minimum atomic E-state index is -0.622. The summed E-state index contributed by atoms with van der Waals surface area (Å²) in [6.07, 6.45) is 4.58. The number of halogens is 2. The number of piperazine rings is 1. The molecule has 5 heterocycles. The number of nitrogens with zero attached hydrogens (tertiary/aromatic N) is 4. The molecule has 0 spiro atoms. The molecule has 3 aromatic rings. The van der Waals surface area contributed by atoms with Crippen LogP contribution in [-0.2, 0) is 20.1 Å². The van der Waals surface area contributed by atoms with Crippen molar-refractivity contribution in [1.82, 2.24) is 25.1 Å². The van der Waals surface area contributed by atoms with Gasteiger partial charge in [0.15, 0.2) is 0 Å². The van der Waals surface area contributed by atoms with Crippen LogP contribution < -0.4 is 25.8 Å². The monoisotopic (exact) mass is 739 g/mol. The minimum Gasteiger partial charge on any atom is -0.493 e. The second-order valence-electron chi connectivity index (χ2n) is 14.2. The van der Waals surface area contributed by atoms with Gasteiger partial charge >= 0.3 is 0 Å². The van der Waals surface area contributed by atoms with Gasteiger partial charge in [-0.3, -0.25) is 24.6 Å². The molecule has 2 amide bonds. The van der Waals surface area contributed by atoms with Gasteiger partial charge in [0, 0.05) is 82.0 Å². The molecule has 12 nitrogen and oxygen atoms in total. The van der Waals surface area contributed by atoms with Gasteiger partial charge in [-0.2, -0.15) is 11.8 Å². The molecule has 0 saturated carbocycles. The predicted octanol–water partition coefficient (Wildman–Crippen LogP) is 3.74. The van der Waals surface area contributed by atoms with Gasteiger partial charge < -0.3 is 29.6 Å². The molecule has 52 heavy (non-hydrogen) atoms. The van der Waals surface area contributed by atoms with Crippen molar-refractivity contribution in [1.29, 1.82) is 0 Å². The van der Waals surface area contributed by atoms with Gasteiger partial charge in [-0.15, -0.1) is 0 Å². The van der Waals surface area contributed by atoms with E-state index in [1.165, 1.54) is 12.1 Å². The molecule has 3 N–H and O–H groups in total. The molecule has 4 saturated heterocycles. The largest absolute Gasteiger partial charge is 0.493 e. The molecule has 2 aromatic carbocycles. The highest BCUT2D eigenvalue weighted by Gasteiger charge is 2.27. The Morgan fingerprint density at radius 3 is 2.38 bits per heavy atom. The van der Waals surface area contributed by atoms with Crippen LogP contribution in [0.25, 0.3) is 10.9 Å². The van der Waals surface area contributed by atoms with Crippen LogP contribution in [0.5, 0.6) is 5.75 Å². The van der Waals surface area contributed by atoms with Crippen LogP contribution in [0.4, 0.5) is 20.2 Å². The lowest BCUT2D eigenvalue weighted by molar-refractivity contribution is -0.133. The van der Waals surface area contributed by atoms with E-state index in [1.54, 1.807) is 30.0 Å². The molecule has 15 heteroatoms. The molecule has 280 valence electrons. The lowest BCUT2D eigenvalue weighted by Gasteiger charge is -2.38. The molecule has 4 fully saturated rings. The Balaban J connectivity index is 0.821. The molecule has 1 atom stereocenters. The van der Waals surface area contributed by atoms with Gasteiger partial charge in [0.2, 0.25) is 11.8 Å². The van der Waals surface area contributed by atoms with E-state index in [2.05, 4.69) is 35.3 Å². The van der Waals surface area contributed by atoms with Crippen molar-refractivity contribution in [3.8, 4) is 5.75 Å². The zero-order chi connectivity index (χ0) is 36.0. The summed E-state index contributed by atoms with van der Waals surface area (Å²) < 4.78 is 41.3. The van der Waals surface area contributed by atoms with Crippen LogP contribution in [0.15, 0.2) is 35.1 Å². The fourth-order valence-corrected chi connectivity index (χ4v) is 8.48. The zero-order valence-corrected chi connectivity index (χ0v) is 30.2. The van der Waals surface area contributed by atoms with Gasteiger partial charge in [-0.05, 0) is 69.3 Å². The number of imide groups is 1. The van der Waals surface area contributed by atoms with Crippen LogP contribution in [0.2, 0.25) is 0 Å². The van der Waals surface area contributed by atoms with Gasteiger partial charge in [0.05, 0.1) is 23.6 Å². The Bertz CT molecular complexity index is 1790. The molecular formula is C37H47F2N7O5S. The van der Waals surface area contributed by atoms with E-state index in [1.807, 2.05) is 0 Å². The van der Waals surface area contributed by atoms with Crippen LogP contribution >= 0.6 is 11.8 Å². The fourth-order valence-electron chi connectivity index (χ4n) is 7.40. The van der Waals surface area contributed by atoms with Crippen molar-refractivity contribution in [2.75, 3.05) is 82.4 Å². The van der Waals surface area contributed by atoms with E-state index in [-0.39, 0.29) is 29.4 Å². The zero-order valence-electron chi connectivity index (χ0n) is 29.3. The number of amides is 2. The molecule has 0 bridgehead atoms. The Labute approximate surface area is 306 Å². The average molecular weight is 740 g/mol. The van der Waals surface area contributed by atoms with E-state index < -0.39 is 17.4 Å². The van der Waals surface area contributed by atoms with Crippen molar-refractivity contribution < 1.29 is 27.8 Å². The van der Waals surface area contributed by atoms with Gasteiger partial charge in [-0.1, -0.05) is 0 Å². The highest BCUT2D eigenvalue weighted by atomic mass is 32.2. The maximum atomic E-state index is 15.1. The van der Waals surface area contributed by atoms with Gasteiger partial charge in [0.1, 0.15) is 34.6 Å². The topological polar surface area (TPSA) is 132 Å². The lowest BCUT2D eigenvalue weighted by Crippen LogP contribution is -2.49. The summed E-state index contributed by atoms with van der Waals surface area (Å²) >= 11 is 1.79. The molecule has 4 aliphatic heterocycles. The third-order valence-electron chi connectivity index (χ3n) is 10.6. The number of hydrogen-bond donors (Lipinski definition) is 3. The number of fused-ring (bicyclic) bond motifs is 1. The fraction of sp³-hybridized carbons (Fsp3) is 0.568. The number of carbonyl (C=O) groups excluding carboxylic acids is 2. The van der Waals surface area contributed by atoms with Crippen LogP contribution in [-0.4, -0.2) is 115 Å². The van der Waals surface area contributed by atoms with Crippen LogP contribution in [0.1, 0.15) is 44.3 Å². The normalized spacial score (nSPS) is 21.4. The highest BCUT2D eigenvalue weighted by molar-refractivity contribution is 7.99. The Morgan fingerprint density at radius 2 is 1.65 bits per heavy atom. The number of nitrogens with one attached hydrogen (secondary N) is 3. The quantitative estimate of drug-likeness (QED) is 0.235. The summed E-state index contributed by atoms with van der Waals surface area (Å²) in [6.45, 7) is 9.05. The maximum absolute atomic E-state index is 15.1. The first-order valence-electron chi connectivity index (χ1n) is 18.4. The Hall–Kier alpha value is -3.79. The highest BCUT2D eigenvalue weighted by Crippen LogP contribution is 2.28. The molecule has 0 aliphatic carbocycles. The van der Waals surface area contributed by atoms with Crippen molar-refractivity contribution in [3.63, 3.8) is 0 Å². The first-order valence-corrected chi connectivity index (χ1v) is 19.5. The third kappa shape index (κ3) is 9.22. The standard InChI is InChI=1S/C37H47F2N7O5S/c38-28-19-25(40-30-2-4-34(47)43-36(30)48)1-3-32(28)46-15-13-45(14-16-46)12-11-44-9-5-27(6-10-44)52-23-33-41-31-21-26(20-29(39)35(31)37(49)42-33)51-22-24-7-17-50-18-8-24/h1,3,19-21,24,27,30,40H,2,4-18,22-23H2,(H,41,42,49)(H,43,47,48). The maximum Gasteiger partial charge on any atom is 0.261 e. The van der Waals surface area contributed by atoms with Gasteiger partial charge in [0.25, 0.3) is 5.56 Å². The second kappa shape index (κ2) is 16.9. The molecule has 0 radical (unpaired) electrons. The first-order chi connectivity index (χ1) is 25.3. The lowest BCUT2D eigenvalue weighted by atomic mass is 10.0. The van der Waals surface area contributed by atoms with E-state index in [9.17, 15) is 18.8 Å². The molecule has 7 rings (SSSR count). The summed E-state index contributed by atoms with van der Waals surface area (Å²) in [5.74, 6) is 0.250. The van der Waals surface area contributed by atoms with E-state index in [4.69, 9.17) is 9.47 Å². The number of anilines is 2. The summed E-state index contributed by atoms with van der Waals surface area (Å²) in [7, 11) is 0. The van der Waals surface area contributed by atoms with Crippen molar-refractivity contribution in [2.24, 2.45) is 5.92 Å². The number of thioether (sulfide) groups is 1. The molecular weight excluding hydrogens is 693 g/mol. The number of ether oxygens (including phenoxy) is 2. The van der Waals surface area contributed by atoms with Crippen LogP contribution in [0.3, 0.4) is 0 Å². The number of rotatable bonds is 12. The van der Waals surface area contributed by atoms with Gasteiger partial charge in [-0.25, -0.2) is 13.8 Å². The second-order valence-corrected chi connectivity index (χ2v) is 15.5. The molecule has 1 unspecified atom stereocenters. The summed E-state index contributed by atoms with van der Waals surface area (Å²) in [4.78, 5) is 50.6. The van der Waals surface area contributed by atoms with Crippen molar-refractivity contribution >= 4 is 45.9 Å². The SMILES string of the molecule is O=C1CCC(Nc2ccc(N3CCN(CCN4CCC(SCc5nc6cc(OCC7CCOCC7)cc(F)c6c(=O)[nH]5)CC4)CC3)c(F)c2)C(=O)N1. The third-order valence-corrected chi connectivity index (χ3v) is 12.0. The average Bonchev–Trinajstić information content (AvgIpc) is 3.14. The Morgan fingerprint density at radius 1 is 0.904 bits per heavy atom. The summed E-state index contributed by atoms with van der Waals surface area (Å²) in [5, 5.41) is 5.78. The number of aromatic nitrogens is 2. The predicted molar refractivity (Wildman–Crippen MR) is 197 cm³/mol. The number of piperidine rings is 2. The van der Waals surface area contributed by atoms with E-state index in [0.717, 1.165) is 78.0 Å². The van der Waals surface area contributed by atoms with Crippen molar-refractivity contribution in [2.45, 2.75) is 55.6 Å². The summed E-state index contributed by atoms with van der Waals surface area (Å²) in [5.41, 5.74) is 0.934. The molecule has 1 aromatic heterocycles. The minimum absolute atomic E-state index is 0.0377. The number of aromatic amines is 1. The summed E-state index contributed by atoms with van der Waals surface area (Å²) in [6, 6.07) is 7.36. The first kappa shape index (κ1) is 36.6. The smallest absolute Gasteiger partial charge is 0.261 e. The number of H-pyrrole nitrogens is 1. The number of benzene rings is 2. The number of likely N-dealkylation sites (tertiary alicyclic amines) is 1. The van der Waals surface area contributed by atoms with E-state index >= 15 is 4.39 Å². The number of carbonyl (C=O) groups is 2. The van der Waals surface area contributed by atoms with E-state index in [0.29, 0.717) is 71.6 Å². The number of hydrogen-bond acceptors (Lipinski definition) is 11. The van der Waals surface area contributed by atoms with Crippen molar-refractivity contribution in [3.05, 3.63) is 58.1 Å². The Kier molecular flexibility index (Phi) is 11.9. The van der Waals surface area contributed by atoms with Crippen LogP contribution in [0, 0.1) is 17.6 Å².